The number of nitrogens with one attached hydrogen (secondary N) is 1. The Morgan fingerprint density at radius 2 is 1.92 bits per heavy atom. The largest absolute Gasteiger partial charge is 0.352 e. The van der Waals surface area contributed by atoms with E-state index < -0.39 is 0 Å². The number of carbonyl (C=O) groups is 2. The zero-order chi connectivity index (χ0) is 24.8. The van der Waals surface area contributed by atoms with Gasteiger partial charge in [-0.25, -0.2) is 4.98 Å². The van der Waals surface area contributed by atoms with Gasteiger partial charge < -0.3 is 15.1 Å². The molecule has 6 rings (SSSR count). The highest BCUT2D eigenvalue weighted by Gasteiger charge is 2.45. The molecular formula is C29H31N5O2. The Hall–Kier alpha value is -3.66. The fraction of sp³-hybridized carbons (Fsp3) is 0.448. The molecule has 1 atom stereocenters. The van der Waals surface area contributed by atoms with Crippen LogP contribution in [0.25, 0.3) is 11.1 Å². The van der Waals surface area contributed by atoms with E-state index in [1.807, 2.05) is 30.3 Å². The van der Waals surface area contributed by atoms with E-state index in [-0.39, 0.29) is 17.9 Å². The number of piperazine rings is 1. The van der Waals surface area contributed by atoms with Crippen LogP contribution in [0.4, 0.5) is 11.5 Å². The second kappa shape index (κ2) is 9.09. The number of amides is 2. The Balaban J connectivity index is 1.33. The molecule has 2 amide bonds. The third-order valence-electron chi connectivity index (χ3n) is 7.84. The number of carbonyl (C=O) groups excluding carboxylic acids is 2. The minimum Gasteiger partial charge on any atom is -0.352 e. The van der Waals surface area contributed by atoms with Gasteiger partial charge in [0.15, 0.2) is 0 Å². The van der Waals surface area contributed by atoms with Crippen molar-refractivity contribution in [2.75, 3.05) is 29.9 Å². The van der Waals surface area contributed by atoms with Crippen LogP contribution >= 0.6 is 0 Å². The molecule has 3 saturated carbocycles. The van der Waals surface area contributed by atoms with Crippen molar-refractivity contribution in [1.82, 2.24) is 9.88 Å². The summed E-state index contributed by atoms with van der Waals surface area (Å²) in [6.45, 7) is 5.68. The van der Waals surface area contributed by atoms with Gasteiger partial charge in [0.25, 0.3) is 0 Å². The van der Waals surface area contributed by atoms with Gasteiger partial charge in [-0.3, -0.25) is 9.59 Å². The lowest BCUT2D eigenvalue weighted by molar-refractivity contribution is -0.135. The molecule has 1 aromatic heterocycles. The van der Waals surface area contributed by atoms with Crippen LogP contribution in [0.2, 0.25) is 0 Å². The van der Waals surface area contributed by atoms with E-state index in [1.165, 1.54) is 18.9 Å². The minimum absolute atomic E-state index is 0.217. The Morgan fingerprint density at radius 3 is 2.58 bits per heavy atom. The number of hydrogen-bond donors (Lipinski definition) is 1. The number of nitrogens with zero attached hydrogens (tertiary/aromatic N) is 4. The lowest BCUT2D eigenvalue weighted by Crippen LogP contribution is -2.57. The summed E-state index contributed by atoms with van der Waals surface area (Å²) in [6, 6.07) is 12.3. The van der Waals surface area contributed by atoms with E-state index in [4.69, 9.17) is 4.98 Å². The second-order valence-corrected chi connectivity index (χ2v) is 10.6. The molecule has 0 unspecified atom stereocenters. The quantitative estimate of drug-likeness (QED) is 0.590. The Morgan fingerprint density at radius 1 is 1.11 bits per heavy atom. The van der Waals surface area contributed by atoms with Gasteiger partial charge >= 0.3 is 0 Å². The lowest BCUT2D eigenvalue weighted by atomic mass is 9.98. The van der Waals surface area contributed by atoms with Crippen LogP contribution in [0.3, 0.4) is 0 Å². The minimum atomic E-state index is -0.259. The topological polar surface area (TPSA) is 89.3 Å². The number of aromatic nitrogens is 1. The molecular weight excluding hydrogens is 450 g/mol. The highest BCUT2D eigenvalue weighted by molar-refractivity contribution is 5.99. The SMILES string of the molecule is C=CC(=O)Nc1cccc(-c2cc(C#N)c(N3CCN(C(=O)C4CC4)[C@H](C4CC4)C3)nc2C2CC2)c1. The second-order valence-electron chi connectivity index (χ2n) is 10.6. The van der Waals surface area contributed by atoms with Gasteiger partial charge in [0.2, 0.25) is 11.8 Å². The van der Waals surface area contributed by atoms with Crippen molar-refractivity contribution in [1.29, 1.82) is 5.26 Å². The normalized spacial score (nSPS) is 21.6. The van der Waals surface area contributed by atoms with Crippen molar-refractivity contribution in [3.63, 3.8) is 0 Å². The molecule has 4 fully saturated rings. The Bertz CT molecular complexity index is 1270. The van der Waals surface area contributed by atoms with E-state index in [0.29, 0.717) is 42.1 Å². The Labute approximate surface area is 211 Å². The number of rotatable bonds is 7. The first-order valence-electron chi connectivity index (χ1n) is 13.1. The van der Waals surface area contributed by atoms with Gasteiger partial charge in [-0.05, 0) is 74.3 Å². The third kappa shape index (κ3) is 4.48. The summed E-state index contributed by atoms with van der Waals surface area (Å²) in [7, 11) is 0. The van der Waals surface area contributed by atoms with Crippen LogP contribution in [-0.2, 0) is 9.59 Å². The molecule has 0 radical (unpaired) electrons. The highest BCUT2D eigenvalue weighted by Crippen LogP contribution is 2.46. The molecule has 7 heteroatoms. The van der Waals surface area contributed by atoms with Gasteiger partial charge in [0, 0.05) is 42.7 Å². The first-order chi connectivity index (χ1) is 17.6. The zero-order valence-electron chi connectivity index (χ0n) is 20.4. The van der Waals surface area contributed by atoms with Crippen LogP contribution in [0.1, 0.15) is 55.7 Å². The average molecular weight is 482 g/mol. The molecule has 1 N–H and O–H groups in total. The first kappa shape index (κ1) is 22.8. The van der Waals surface area contributed by atoms with Gasteiger partial charge in [-0.15, -0.1) is 0 Å². The first-order valence-corrected chi connectivity index (χ1v) is 13.1. The monoisotopic (exact) mass is 481 g/mol. The van der Waals surface area contributed by atoms with Gasteiger partial charge in [-0.2, -0.15) is 5.26 Å². The molecule has 0 spiro atoms. The van der Waals surface area contributed by atoms with E-state index in [1.54, 1.807) is 0 Å². The third-order valence-corrected chi connectivity index (χ3v) is 7.84. The highest BCUT2D eigenvalue weighted by atomic mass is 16.2. The van der Waals surface area contributed by atoms with Crippen molar-refractivity contribution in [3.8, 4) is 17.2 Å². The van der Waals surface area contributed by atoms with Crippen molar-refractivity contribution in [2.24, 2.45) is 11.8 Å². The molecule has 1 aromatic carbocycles. The molecule has 36 heavy (non-hydrogen) atoms. The maximum Gasteiger partial charge on any atom is 0.247 e. The van der Waals surface area contributed by atoms with Gasteiger partial charge in [0.05, 0.1) is 17.3 Å². The van der Waals surface area contributed by atoms with Crippen LogP contribution in [0, 0.1) is 23.2 Å². The summed E-state index contributed by atoms with van der Waals surface area (Å²) < 4.78 is 0. The molecule has 0 bridgehead atoms. The van der Waals surface area contributed by atoms with Crippen molar-refractivity contribution in [2.45, 2.75) is 50.5 Å². The standard InChI is InChI=1S/C29H31N5O2/c1-2-26(35)31-23-5-3-4-21(14-23)24-15-22(16-30)28(32-27(24)19-8-9-19)33-12-13-34(29(36)20-10-11-20)25(17-33)18-6-7-18/h2-5,14-15,18-20,25H,1,6-13,17H2,(H,31,35)/t25-/m0/s1. The summed E-state index contributed by atoms with van der Waals surface area (Å²) in [6.07, 6.45) is 7.84. The zero-order valence-corrected chi connectivity index (χ0v) is 20.4. The summed E-state index contributed by atoms with van der Waals surface area (Å²) in [5, 5.41) is 13.0. The summed E-state index contributed by atoms with van der Waals surface area (Å²) >= 11 is 0. The van der Waals surface area contributed by atoms with Gasteiger partial charge in [-0.1, -0.05) is 18.7 Å². The number of pyridine rings is 1. The van der Waals surface area contributed by atoms with Gasteiger partial charge in [0.1, 0.15) is 11.9 Å². The van der Waals surface area contributed by atoms with Crippen LogP contribution in [-0.4, -0.2) is 47.4 Å². The molecule has 1 aliphatic heterocycles. The maximum atomic E-state index is 12.9. The molecule has 4 aliphatic rings. The predicted molar refractivity (Wildman–Crippen MR) is 138 cm³/mol. The fourth-order valence-electron chi connectivity index (χ4n) is 5.42. The van der Waals surface area contributed by atoms with Crippen molar-refractivity contribution >= 4 is 23.3 Å². The number of anilines is 2. The van der Waals surface area contributed by atoms with E-state index in [9.17, 15) is 14.9 Å². The van der Waals surface area contributed by atoms with E-state index in [2.05, 4.69) is 27.8 Å². The maximum absolute atomic E-state index is 12.9. The van der Waals surface area contributed by atoms with Crippen LogP contribution in [0.15, 0.2) is 43.0 Å². The fourth-order valence-corrected chi connectivity index (χ4v) is 5.42. The molecule has 1 saturated heterocycles. The van der Waals surface area contributed by atoms with Crippen molar-refractivity contribution < 1.29 is 9.59 Å². The van der Waals surface area contributed by atoms with Crippen LogP contribution in [0.5, 0.6) is 0 Å². The molecule has 7 nitrogen and oxygen atoms in total. The summed E-state index contributed by atoms with van der Waals surface area (Å²) in [5.74, 6) is 2.01. The van der Waals surface area contributed by atoms with E-state index >= 15 is 0 Å². The number of benzene rings is 1. The average Bonchev–Trinajstić information content (AvgIpc) is 3.75. The molecule has 2 heterocycles. The molecule has 2 aromatic rings. The van der Waals surface area contributed by atoms with E-state index in [0.717, 1.165) is 54.9 Å². The Kier molecular flexibility index (Phi) is 5.75. The van der Waals surface area contributed by atoms with Crippen LogP contribution < -0.4 is 10.2 Å². The molecule has 184 valence electrons. The molecule has 3 aliphatic carbocycles. The number of nitriles is 1. The number of hydrogen-bond acceptors (Lipinski definition) is 5. The lowest BCUT2D eigenvalue weighted by Gasteiger charge is -2.43. The van der Waals surface area contributed by atoms with Crippen molar-refractivity contribution in [3.05, 3.63) is 54.2 Å². The summed E-state index contributed by atoms with van der Waals surface area (Å²) in [4.78, 5) is 34.3. The summed E-state index contributed by atoms with van der Waals surface area (Å²) in [5.41, 5.74) is 4.16. The predicted octanol–water partition coefficient (Wildman–Crippen LogP) is 4.46. The smallest absolute Gasteiger partial charge is 0.247 e.